The van der Waals surface area contributed by atoms with E-state index in [0.29, 0.717) is 12.8 Å². The largest absolute Gasteiger partial charge is 0.443 e. The van der Waals surface area contributed by atoms with Crippen LogP contribution in [0.2, 0.25) is 0 Å². The molecule has 1 aromatic heterocycles. The first kappa shape index (κ1) is 28.3. The fourth-order valence-electron chi connectivity index (χ4n) is 5.32. The van der Waals surface area contributed by atoms with Crippen LogP contribution < -0.4 is 5.32 Å². The normalized spacial score (nSPS) is 21.2. The van der Waals surface area contributed by atoms with Crippen LogP contribution in [0.25, 0.3) is 0 Å². The number of hydrogen-bond donors (Lipinski definition) is 1. The zero-order chi connectivity index (χ0) is 28.9. The molecule has 2 aliphatic rings. The van der Waals surface area contributed by atoms with Crippen molar-refractivity contribution in [2.45, 2.75) is 63.9 Å². The van der Waals surface area contributed by atoms with Crippen molar-refractivity contribution in [2.24, 2.45) is 5.92 Å². The van der Waals surface area contributed by atoms with E-state index >= 15 is 0 Å². The molecule has 3 heterocycles. The Morgan fingerprint density at radius 3 is 2.34 bits per heavy atom. The van der Waals surface area contributed by atoms with Crippen molar-refractivity contribution >= 4 is 35.5 Å². The van der Waals surface area contributed by atoms with E-state index < -0.39 is 42.4 Å². The molecule has 3 aromatic rings. The smallest absolute Gasteiger partial charge is 0.420 e. The maximum Gasteiger partial charge on any atom is 0.420 e. The van der Waals surface area contributed by atoms with Gasteiger partial charge in [-0.3, -0.25) is 14.7 Å². The molecule has 5 amide bonds. The van der Waals surface area contributed by atoms with Crippen molar-refractivity contribution in [2.75, 3.05) is 0 Å². The molecule has 0 spiro atoms. The molecule has 0 saturated carbocycles. The molecule has 0 radical (unpaired) electrons. The van der Waals surface area contributed by atoms with E-state index in [9.17, 15) is 19.2 Å². The Labute approximate surface area is 242 Å². The molecule has 41 heavy (non-hydrogen) atoms. The van der Waals surface area contributed by atoms with Gasteiger partial charge >= 0.3 is 18.2 Å². The van der Waals surface area contributed by atoms with Crippen molar-refractivity contribution in [3.05, 3.63) is 88.4 Å². The van der Waals surface area contributed by atoms with Crippen LogP contribution in [0.5, 0.6) is 0 Å². The van der Waals surface area contributed by atoms with Gasteiger partial charge in [-0.05, 0) is 29.9 Å². The lowest BCUT2D eigenvalue weighted by atomic mass is 9.92. The van der Waals surface area contributed by atoms with Gasteiger partial charge in [0.05, 0.1) is 16.4 Å². The SMILES string of the molecule is CC(C)[C@H]1NC(=O)N([C@@H](Cc2ccccc2)C[C@@H]2OC(=O)N(C(=O)OCc3cncs3)[C@H]2Cc2ccccc2)C1=O. The highest BCUT2D eigenvalue weighted by atomic mass is 32.1. The molecular formula is C30H32N4O6S. The second-order valence-electron chi connectivity index (χ2n) is 10.5. The summed E-state index contributed by atoms with van der Waals surface area (Å²) in [5.41, 5.74) is 3.46. The van der Waals surface area contributed by atoms with E-state index in [1.54, 1.807) is 11.7 Å². The van der Waals surface area contributed by atoms with Crippen LogP contribution in [0.4, 0.5) is 14.4 Å². The number of nitrogens with zero attached hydrogens (tertiary/aromatic N) is 3. The first-order chi connectivity index (χ1) is 19.8. The van der Waals surface area contributed by atoms with E-state index in [2.05, 4.69) is 10.3 Å². The molecule has 2 aliphatic heterocycles. The summed E-state index contributed by atoms with van der Waals surface area (Å²) in [6.07, 6.45) is 0.0161. The minimum atomic E-state index is -0.819. The number of nitrogens with one attached hydrogen (secondary N) is 1. The van der Waals surface area contributed by atoms with Gasteiger partial charge in [-0.25, -0.2) is 19.3 Å². The molecule has 2 aromatic carbocycles. The van der Waals surface area contributed by atoms with Crippen LogP contribution >= 0.6 is 11.3 Å². The van der Waals surface area contributed by atoms with E-state index in [-0.39, 0.29) is 24.9 Å². The highest BCUT2D eigenvalue weighted by Crippen LogP contribution is 2.31. The van der Waals surface area contributed by atoms with Crippen molar-refractivity contribution in [1.29, 1.82) is 0 Å². The Bertz CT molecular complexity index is 1370. The summed E-state index contributed by atoms with van der Waals surface area (Å²) in [5, 5.41) is 2.80. The third-order valence-electron chi connectivity index (χ3n) is 7.37. The number of amides is 5. The molecule has 0 aliphatic carbocycles. The molecular weight excluding hydrogens is 544 g/mol. The average Bonchev–Trinajstić information content (AvgIpc) is 3.66. The van der Waals surface area contributed by atoms with Gasteiger partial charge in [0.2, 0.25) is 0 Å². The van der Waals surface area contributed by atoms with Crippen molar-refractivity contribution in [1.82, 2.24) is 20.1 Å². The van der Waals surface area contributed by atoms with Gasteiger partial charge in [0, 0.05) is 18.7 Å². The van der Waals surface area contributed by atoms with Gasteiger partial charge in [-0.15, -0.1) is 11.3 Å². The summed E-state index contributed by atoms with van der Waals surface area (Å²) in [5.74, 6) is -0.400. The molecule has 1 N–H and O–H groups in total. The first-order valence-corrected chi connectivity index (χ1v) is 14.4. The quantitative estimate of drug-likeness (QED) is 0.345. The number of carbonyl (C=O) groups is 4. The molecule has 2 saturated heterocycles. The number of carbonyl (C=O) groups excluding carboxylic acids is 4. The minimum absolute atomic E-state index is 0.0221. The Morgan fingerprint density at radius 2 is 1.73 bits per heavy atom. The molecule has 2 fully saturated rings. The fourth-order valence-corrected chi connectivity index (χ4v) is 5.83. The zero-order valence-corrected chi connectivity index (χ0v) is 23.7. The summed E-state index contributed by atoms with van der Waals surface area (Å²) in [6, 6.07) is 16.6. The van der Waals surface area contributed by atoms with Gasteiger partial charge < -0.3 is 14.8 Å². The summed E-state index contributed by atoms with van der Waals surface area (Å²) in [7, 11) is 0. The topological polar surface area (TPSA) is 118 Å². The lowest BCUT2D eigenvalue weighted by Gasteiger charge is -2.30. The van der Waals surface area contributed by atoms with Crippen LogP contribution in [0, 0.1) is 5.92 Å². The van der Waals surface area contributed by atoms with Gasteiger partial charge in [0.15, 0.2) is 0 Å². The van der Waals surface area contributed by atoms with Crippen LogP contribution in [-0.4, -0.2) is 63.1 Å². The number of aromatic nitrogens is 1. The summed E-state index contributed by atoms with van der Waals surface area (Å²) >= 11 is 1.34. The number of benzene rings is 2. The molecule has 5 rings (SSSR count). The molecule has 4 atom stereocenters. The van der Waals surface area contributed by atoms with E-state index in [1.807, 2.05) is 74.5 Å². The van der Waals surface area contributed by atoms with Crippen LogP contribution in [0.1, 0.15) is 36.3 Å². The highest BCUT2D eigenvalue weighted by Gasteiger charge is 2.50. The number of imide groups is 2. The van der Waals surface area contributed by atoms with Gasteiger partial charge in [0.1, 0.15) is 18.8 Å². The van der Waals surface area contributed by atoms with Gasteiger partial charge in [0.25, 0.3) is 5.91 Å². The molecule has 214 valence electrons. The third kappa shape index (κ3) is 6.40. The molecule has 11 heteroatoms. The predicted molar refractivity (Wildman–Crippen MR) is 151 cm³/mol. The van der Waals surface area contributed by atoms with Crippen LogP contribution in [-0.2, 0) is 33.7 Å². The van der Waals surface area contributed by atoms with E-state index in [1.165, 1.54) is 16.2 Å². The Hall–Kier alpha value is -4.25. The standard InChI is InChI=1S/C30H32N4O6S/c1-19(2)26-27(35)33(28(36)32-26)22(13-20-9-5-3-6-10-20)15-25-24(14-21-11-7-4-8-12-21)34(30(38)40-25)29(37)39-17-23-16-31-18-41-23/h3-12,16,18-19,22,24-26H,13-15,17H2,1-2H3,(H,32,36)/t22-,24-,25-,26+/m0/s1. The summed E-state index contributed by atoms with van der Waals surface area (Å²) in [4.78, 5) is 59.9. The fraction of sp³-hybridized carbons (Fsp3) is 0.367. The summed E-state index contributed by atoms with van der Waals surface area (Å²) < 4.78 is 11.3. The van der Waals surface area contributed by atoms with Crippen LogP contribution in [0.3, 0.4) is 0 Å². The molecule has 0 bridgehead atoms. The van der Waals surface area contributed by atoms with Gasteiger partial charge in [-0.2, -0.15) is 0 Å². The number of urea groups is 1. The number of rotatable bonds is 10. The zero-order valence-electron chi connectivity index (χ0n) is 22.8. The second kappa shape index (κ2) is 12.5. The summed E-state index contributed by atoms with van der Waals surface area (Å²) in [6.45, 7) is 3.73. The van der Waals surface area contributed by atoms with E-state index in [0.717, 1.165) is 20.9 Å². The Balaban J connectivity index is 1.43. The lowest BCUT2D eigenvalue weighted by Crippen LogP contribution is -2.48. The molecule has 10 nitrogen and oxygen atoms in total. The third-order valence-corrected chi connectivity index (χ3v) is 8.12. The van der Waals surface area contributed by atoms with Crippen molar-refractivity contribution in [3.63, 3.8) is 0 Å². The van der Waals surface area contributed by atoms with E-state index in [4.69, 9.17) is 9.47 Å². The maximum atomic E-state index is 13.4. The lowest BCUT2D eigenvalue weighted by molar-refractivity contribution is -0.130. The van der Waals surface area contributed by atoms with Gasteiger partial charge in [-0.1, -0.05) is 74.5 Å². The number of thiazole rings is 1. The minimum Gasteiger partial charge on any atom is -0.443 e. The molecule has 0 unspecified atom stereocenters. The number of hydrogen-bond acceptors (Lipinski definition) is 8. The average molecular weight is 577 g/mol. The Morgan fingerprint density at radius 1 is 1.05 bits per heavy atom. The van der Waals surface area contributed by atoms with Crippen molar-refractivity contribution < 1.29 is 28.7 Å². The Kier molecular flexibility index (Phi) is 8.63. The number of ether oxygens (including phenoxy) is 2. The predicted octanol–water partition coefficient (Wildman–Crippen LogP) is 4.79. The number of cyclic esters (lactones) is 1. The highest BCUT2D eigenvalue weighted by molar-refractivity contribution is 7.09. The second-order valence-corrected chi connectivity index (χ2v) is 11.5. The first-order valence-electron chi connectivity index (χ1n) is 13.6. The monoisotopic (exact) mass is 576 g/mol. The maximum absolute atomic E-state index is 13.4. The van der Waals surface area contributed by atoms with Crippen molar-refractivity contribution in [3.8, 4) is 0 Å². The van der Waals surface area contributed by atoms with Crippen LogP contribution in [0.15, 0.2) is 72.4 Å².